The smallest absolute Gasteiger partial charge is 0.220 e. The lowest BCUT2D eigenvalue weighted by Crippen LogP contribution is -2.51. The number of carbonyl (C=O) groups is 1. The molecule has 0 bridgehead atoms. The van der Waals surface area contributed by atoms with Gasteiger partial charge in [0, 0.05) is 65.0 Å². The summed E-state index contributed by atoms with van der Waals surface area (Å²) in [5.41, 5.74) is 2.01. The number of aliphatic hydroxyl groups is 1. The average Bonchev–Trinajstić information content (AvgIpc) is 3.08. The molecule has 1 aliphatic heterocycles. The first-order valence-corrected chi connectivity index (χ1v) is 14.3. The molecule has 4 atom stereocenters. The van der Waals surface area contributed by atoms with Gasteiger partial charge in [-0.1, -0.05) is 26.0 Å². The quantitative estimate of drug-likeness (QED) is 0.444. The normalized spacial score (nSPS) is 31.6. The molecule has 0 radical (unpaired) electrons. The molecule has 3 fully saturated rings. The number of benzene rings is 1. The highest BCUT2D eigenvalue weighted by atomic mass is 16.5. The van der Waals surface area contributed by atoms with Crippen molar-refractivity contribution in [3.8, 4) is 0 Å². The minimum atomic E-state index is -0.622. The molecular formula is C30H50N4O3. The number of hydrogen-bond donors (Lipinski definition) is 3. The maximum atomic E-state index is 12.9. The van der Waals surface area contributed by atoms with Crippen LogP contribution >= 0.6 is 0 Å². The molecule has 7 heteroatoms. The zero-order chi connectivity index (χ0) is 26.7. The monoisotopic (exact) mass is 514 g/mol. The van der Waals surface area contributed by atoms with E-state index in [0.717, 1.165) is 71.5 Å². The molecule has 37 heavy (non-hydrogen) atoms. The Hall–Kier alpha value is -1.67. The van der Waals surface area contributed by atoms with Crippen LogP contribution < -0.4 is 15.5 Å². The molecule has 2 saturated carbocycles. The van der Waals surface area contributed by atoms with Crippen molar-refractivity contribution in [1.82, 2.24) is 15.5 Å². The van der Waals surface area contributed by atoms with Crippen molar-refractivity contribution < 1.29 is 14.6 Å². The van der Waals surface area contributed by atoms with E-state index in [-0.39, 0.29) is 16.7 Å². The van der Waals surface area contributed by atoms with E-state index < -0.39 is 5.60 Å². The molecule has 0 spiro atoms. The minimum absolute atomic E-state index is 0.0247. The highest BCUT2D eigenvalue weighted by Crippen LogP contribution is 2.63. The van der Waals surface area contributed by atoms with Crippen LogP contribution in [0.5, 0.6) is 0 Å². The molecule has 1 aromatic rings. The number of nitrogens with zero attached hydrogens (tertiary/aromatic N) is 2. The first kappa shape index (κ1) is 28.3. The molecule has 0 aromatic heterocycles. The van der Waals surface area contributed by atoms with Gasteiger partial charge in [0.15, 0.2) is 0 Å². The molecule has 1 amide bonds. The van der Waals surface area contributed by atoms with Crippen LogP contribution in [0, 0.1) is 16.7 Å². The predicted molar refractivity (Wildman–Crippen MR) is 150 cm³/mol. The SMILES string of the molecule is CN(C)c1ccc(CN[C@H]2CC(C)(C)[C@@H]3C[C@@](C)(O)CC[C@]23CCC(=O)NCCN2CCOCC2)cc1. The Morgan fingerprint density at radius 3 is 2.49 bits per heavy atom. The number of morpholine rings is 1. The van der Waals surface area contributed by atoms with E-state index in [0.29, 0.717) is 24.9 Å². The van der Waals surface area contributed by atoms with Crippen molar-refractivity contribution in [2.24, 2.45) is 16.7 Å². The molecule has 3 N–H and O–H groups in total. The molecule has 7 nitrogen and oxygen atoms in total. The maximum Gasteiger partial charge on any atom is 0.220 e. The standard InChI is InChI=1S/C30H50N4O3/c1-28(2)21-26(32-22-23-6-8-24(9-7-23)33(4)5)30(13-12-29(3,36)20-25(28)30)11-10-27(35)31-14-15-34-16-18-37-19-17-34/h6-9,25-26,32,36H,10-22H2,1-5H3,(H,31,35)/t25-,26-,29-,30-/m0/s1. The third-order valence-electron chi connectivity index (χ3n) is 9.51. The highest BCUT2D eigenvalue weighted by Gasteiger charge is 2.61. The number of nitrogens with one attached hydrogen (secondary N) is 2. The molecule has 2 aliphatic carbocycles. The van der Waals surface area contributed by atoms with Gasteiger partial charge in [-0.25, -0.2) is 0 Å². The summed E-state index contributed by atoms with van der Waals surface area (Å²) >= 11 is 0. The number of amides is 1. The summed E-state index contributed by atoms with van der Waals surface area (Å²) in [6.45, 7) is 12.6. The van der Waals surface area contributed by atoms with Gasteiger partial charge >= 0.3 is 0 Å². The van der Waals surface area contributed by atoms with Gasteiger partial charge in [-0.3, -0.25) is 9.69 Å². The number of ether oxygens (including phenoxy) is 1. The van der Waals surface area contributed by atoms with Crippen molar-refractivity contribution in [3.63, 3.8) is 0 Å². The zero-order valence-electron chi connectivity index (χ0n) is 23.8. The van der Waals surface area contributed by atoms with Gasteiger partial charge in [0.2, 0.25) is 5.91 Å². The summed E-state index contributed by atoms with van der Waals surface area (Å²) < 4.78 is 5.42. The van der Waals surface area contributed by atoms with Crippen molar-refractivity contribution in [2.45, 2.75) is 77.5 Å². The molecule has 1 heterocycles. The van der Waals surface area contributed by atoms with Crippen LogP contribution in [-0.2, 0) is 16.1 Å². The summed E-state index contributed by atoms with van der Waals surface area (Å²) in [5, 5.41) is 18.1. The fraction of sp³-hybridized carbons (Fsp3) is 0.767. The summed E-state index contributed by atoms with van der Waals surface area (Å²) in [7, 11) is 4.13. The average molecular weight is 515 g/mol. The van der Waals surface area contributed by atoms with Gasteiger partial charge in [-0.05, 0) is 73.5 Å². The van der Waals surface area contributed by atoms with Crippen molar-refractivity contribution in [1.29, 1.82) is 0 Å². The molecule has 0 unspecified atom stereocenters. The molecule has 208 valence electrons. The van der Waals surface area contributed by atoms with E-state index in [4.69, 9.17) is 4.74 Å². The third-order valence-corrected chi connectivity index (χ3v) is 9.51. The first-order valence-electron chi connectivity index (χ1n) is 14.3. The Labute approximate surface area is 224 Å². The van der Waals surface area contributed by atoms with Crippen LogP contribution in [0.2, 0.25) is 0 Å². The number of rotatable bonds is 10. The molecular weight excluding hydrogens is 464 g/mol. The van der Waals surface area contributed by atoms with E-state index in [1.807, 2.05) is 6.92 Å². The third kappa shape index (κ3) is 6.86. The summed E-state index contributed by atoms with van der Waals surface area (Å²) in [6.07, 6.45) is 5.07. The summed E-state index contributed by atoms with van der Waals surface area (Å²) in [4.78, 5) is 17.4. The van der Waals surface area contributed by atoms with Crippen LogP contribution in [0.25, 0.3) is 0 Å². The Balaban J connectivity index is 1.41. The van der Waals surface area contributed by atoms with Crippen LogP contribution in [-0.4, -0.2) is 81.0 Å². The number of anilines is 1. The van der Waals surface area contributed by atoms with E-state index in [1.165, 1.54) is 11.3 Å². The second-order valence-electron chi connectivity index (χ2n) is 13.0. The maximum absolute atomic E-state index is 12.9. The summed E-state index contributed by atoms with van der Waals surface area (Å²) in [6, 6.07) is 9.10. The van der Waals surface area contributed by atoms with Crippen LogP contribution in [0.1, 0.15) is 64.9 Å². The highest BCUT2D eigenvalue weighted by molar-refractivity contribution is 5.75. The number of carbonyl (C=O) groups excluding carboxylic acids is 1. The second kappa shape index (κ2) is 11.6. The van der Waals surface area contributed by atoms with Crippen LogP contribution in [0.15, 0.2) is 24.3 Å². The number of hydrogen-bond acceptors (Lipinski definition) is 6. The predicted octanol–water partition coefficient (Wildman–Crippen LogP) is 3.41. The van der Waals surface area contributed by atoms with Gasteiger partial charge in [0.1, 0.15) is 0 Å². The van der Waals surface area contributed by atoms with Gasteiger partial charge in [-0.15, -0.1) is 0 Å². The van der Waals surface area contributed by atoms with E-state index >= 15 is 0 Å². The Morgan fingerprint density at radius 2 is 1.81 bits per heavy atom. The molecule has 3 aliphatic rings. The lowest BCUT2D eigenvalue weighted by Gasteiger charge is -2.51. The Kier molecular flexibility index (Phi) is 8.89. The van der Waals surface area contributed by atoms with Gasteiger partial charge in [0.05, 0.1) is 18.8 Å². The lowest BCUT2D eigenvalue weighted by atomic mass is 9.57. The largest absolute Gasteiger partial charge is 0.390 e. The summed E-state index contributed by atoms with van der Waals surface area (Å²) in [5.74, 6) is 0.542. The lowest BCUT2D eigenvalue weighted by molar-refractivity contribution is -0.123. The van der Waals surface area contributed by atoms with Gasteiger partial charge < -0.3 is 25.4 Å². The van der Waals surface area contributed by atoms with Crippen molar-refractivity contribution in [2.75, 3.05) is 58.4 Å². The van der Waals surface area contributed by atoms with Crippen LogP contribution in [0.3, 0.4) is 0 Å². The van der Waals surface area contributed by atoms with Crippen molar-refractivity contribution in [3.05, 3.63) is 29.8 Å². The second-order valence-corrected chi connectivity index (χ2v) is 13.0. The van der Waals surface area contributed by atoms with E-state index in [2.05, 4.69) is 72.6 Å². The fourth-order valence-electron chi connectivity index (χ4n) is 7.28. The fourth-order valence-corrected chi connectivity index (χ4v) is 7.28. The zero-order valence-corrected chi connectivity index (χ0v) is 23.8. The number of fused-ring (bicyclic) bond motifs is 1. The van der Waals surface area contributed by atoms with Crippen molar-refractivity contribution >= 4 is 11.6 Å². The minimum Gasteiger partial charge on any atom is -0.390 e. The topological polar surface area (TPSA) is 77.1 Å². The Morgan fingerprint density at radius 1 is 1.11 bits per heavy atom. The van der Waals surface area contributed by atoms with Crippen LogP contribution in [0.4, 0.5) is 5.69 Å². The Bertz CT molecular complexity index is 895. The first-order chi connectivity index (χ1) is 17.5. The molecule has 1 saturated heterocycles. The molecule has 1 aromatic carbocycles. The van der Waals surface area contributed by atoms with E-state index in [9.17, 15) is 9.90 Å². The van der Waals surface area contributed by atoms with Gasteiger partial charge in [0.25, 0.3) is 0 Å². The molecule has 4 rings (SSSR count). The van der Waals surface area contributed by atoms with Gasteiger partial charge in [-0.2, -0.15) is 0 Å². The van der Waals surface area contributed by atoms with E-state index in [1.54, 1.807) is 0 Å².